The van der Waals surface area contributed by atoms with Crippen LogP contribution in [0.15, 0.2) is 18.3 Å². The van der Waals surface area contributed by atoms with Crippen molar-refractivity contribution >= 4 is 5.78 Å². The minimum atomic E-state index is -0.198. The quantitative estimate of drug-likeness (QED) is 0.751. The van der Waals surface area contributed by atoms with Crippen LogP contribution < -0.4 is 5.32 Å². The van der Waals surface area contributed by atoms with Gasteiger partial charge in [-0.15, -0.1) is 0 Å². The summed E-state index contributed by atoms with van der Waals surface area (Å²) in [5.41, 5.74) is 2.20. The third kappa shape index (κ3) is 1.18. The summed E-state index contributed by atoms with van der Waals surface area (Å²) in [6.07, 6.45) is 6.84. The van der Waals surface area contributed by atoms with Gasteiger partial charge in [0.15, 0.2) is 0 Å². The van der Waals surface area contributed by atoms with Crippen LogP contribution in [0.5, 0.6) is 0 Å². The number of rotatable bonds is 0. The Morgan fingerprint density at radius 2 is 2.39 bits per heavy atom. The SMILES string of the molecule is O=C1CCC[C@H]2[C@H]3Cc4ncccc4[C@@]12CCN3. The third-order valence-electron chi connectivity index (χ3n) is 5.25. The maximum absolute atomic E-state index is 12.7. The van der Waals surface area contributed by atoms with Crippen molar-refractivity contribution in [3.05, 3.63) is 29.6 Å². The smallest absolute Gasteiger partial charge is 0.143 e. The summed E-state index contributed by atoms with van der Waals surface area (Å²) in [5.74, 6) is 0.975. The van der Waals surface area contributed by atoms with Gasteiger partial charge in [0.1, 0.15) is 5.78 Å². The van der Waals surface area contributed by atoms with Crippen LogP contribution in [0, 0.1) is 5.92 Å². The van der Waals surface area contributed by atoms with E-state index in [1.807, 2.05) is 12.3 Å². The fourth-order valence-corrected chi connectivity index (χ4v) is 4.54. The molecule has 0 unspecified atom stereocenters. The summed E-state index contributed by atoms with van der Waals surface area (Å²) >= 11 is 0. The van der Waals surface area contributed by atoms with Gasteiger partial charge in [-0.2, -0.15) is 0 Å². The number of piperidine rings is 1. The minimum absolute atomic E-state index is 0.198. The average molecular weight is 242 g/mol. The average Bonchev–Trinajstić information content (AvgIpc) is 2.39. The van der Waals surface area contributed by atoms with Crippen LogP contribution in [0.25, 0.3) is 0 Å². The zero-order valence-electron chi connectivity index (χ0n) is 10.5. The van der Waals surface area contributed by atoms with Crippen LogP contribution >= 0.6 is 0 Å². The van der Waals surface area contributed by atoms with Gasteiger partial charge < -0.3 is 5.32 Å². The molecule has 18 heavy (non-hydrogen) atoms. The predicted octanol–water partition coefficient (Wildman–Crippen LogP) is 1.61. The first kappa shape index (κ1) is 10.7. The van der Waals surface area contributed by atoms with E-state index in [1.165, 1.54) is 12.0 Å². The molecule has 1 aliphatic heterocycles. The first-order valence-electron chi connectivity index (χ1n) is 7.03. The van der Waals surface area contributed by atoms with Gasteiger partial charge in [-0.05, 0) is 43.4 Å². The number of aromatic nitrogens is 1. The van der Waals surface area contributed by atoms with Crippen molar-refractivity contribution in [3.8, 4) is 0 Å². The lowest BCUT2D eigenvalue weighted by atomic mass is 9.53. The highest BCUT2D eigenvalue weighted by atomic mass is 16.1. The number of ketones is 1. The van der Waals surface area contributed by atoms with Gasteiger partial charge in [0, 0.05) is 30.8 Å². The van der Waals surface area contributed by atoms with Crippen molar-refractivity contribution in [2.75, 3.05) is 6.54 Å². The maximum Gasteiger partial charge on any atom is 0.143 e. The molecule has 0 spiro atoms. The molecule has 3 nitrogen and oxygen atoms in total. The number of hydrogen-bond acceptors (Lipinski definition) is 3. The molecule has 3 aliphatic rings. The van der Waals surface area contributed by atoms with Gasteiger partial charge >= 0.3 is 0 Å². The molecule has 0 aromatic carbocycles. The lowest BCUT2D eigenvalue weighted by Crippen LogP contribution is -2.63. The molecule has 3 atom stereocenters. The Morgan fingerprint density at radius 3 is 3.33 bits per heavy atom. The third-order valence-corrected chi connectivity index (χ3v) is 5.25. The molecule has 4 rings (SSSR count). The number of nitrogens with zero attached hydrogens (tertiary/aromatic N) is 1. The molecule has 0 amide bonds. The van der Waals surface area contributed by atoms with E-state index in [-0.39, 0.29) is 5.41 Å². The van der Waals surface area contributed by atoms with Crippen molar-refractivity contribution in [2.45, 2.75) is 43.6 Å². The Bertz CT molecular complexity index is 513. The van der Waals surface area contributed by atoms with E-state index in [0.717, 1.165) is 37.9 Å². The monoisotopic (exact) mass is 242 g/mol. The highest BCUT2D eigenvalue weighted by molar-refractivity contribution is 5.92. The highest BCUT2D eigenvalue weighted by Crippen LogP contribution is 2.51. The largest absolute Gasteiger partial charge is 0.313 e. The van der Waals surface area contributed by atoms with E-state index in [1.54, 1.807) is 0 Å². The summed E-state index contributed by atoms with van der Waals surface area (Å²) in [7, 11) is 0. The molecule has 2 fully saturated rings. The summed E-state index contributed by atoms with van der Waals surface area (Å²) < 4.78 is 0. The molecule has 1 N–H and O–H groups in total. The molecule has 0 radical (unpaired) electrons. The Morgan fingerprint density at radius 1 is 1.44 bits per heavy atom. The van der Waals surface area contributed by atoms with Crippen LogP contribution in [0.4, 0.5) is 0 Å². The Balaban J connectivity index is 1.96. The van der Waals surface area contributed by atoms with Crippen LogP contribution in [0.3, 0.4) is 0 Å². The number of hydrogen-bond donors (Lipinski definition) is 1. The highest BCUT2D eigenvalue weighted by Gasteiger charge is 2.56. The standard InChI is InChI=1S/C15H18N2O/c18-14-5-1-3-10-13-9-12-11(4-2-7-16-12)15(10,14)6-8-17-13/h2,4,7,10,13,17H,1,3,5-6,8-9H2/t10-,13+,15-/m0/s1. The lowest BCUT2D eigenvalue weighted by molar-refractivity contribution is -0.132. The number of nitrogens with one attached hydrogen (secondary N) is 1. The molecular weight excluding hydrogens is 224 g/mol. The zero-order valence-corrected chi connectivity index (χ0v) is 10.5. The van der Waals surface area contributed by atoms with E-state index in [4.69, 9.17) is 0 Å². The minimum Gasteiger partial charge on any atom is -0.313 e. The van der Waals surface area contributed by atoms with Crippen molar-refractivity contribution in [1.82, 2.24) is 10.3 Å². The number of fused-ring (bicyclic) bond motifs is 1. The summed E-state index contributed by atoms with van der Waals surface area (Å²) in [4.78, 5) is 17.2. The van der Waals surface area contributed by atoms with Gasteiger partial charge in [0.2, 0.25) is 0 Å². The van der Waals surface area contributed by atoms with Gasteiger partial charge in [0.25, 0.3) is 0 Å². The van der Waals surface area contributed by atoms with E-state index >= 15 is 0 Å². The van der Waals surface area contributed by atoms with Gasteiger partial charge in [-0.25, -0.2) is 0 Å². The second kappa shape index (κ2) is 3.64. The zero-order chi connectivity index (χ0) is 12.2. The van der Waals surface area contributed by atoms with Crippen molar-refractivity contribution in [3.63, 3.8) is 0 Å². The second-order valence-electron chi connectivity index (χ2n) is 5.91. The second-order valence-corrected chi connectivity index (χ2v) is 5.91. The van der Waals surface area contributed by atoms with E-state index in [0.29, 0.717) is 17.7 Å². The van der Waals surface area contributed by atoms with Crippen LogP contribution in [-0.2, 0) is 16.6 Å². The first-order chi connectivity index (χ1) is 8.82. The normalized spacial score (nSPS) is 37.9. The topological polar surface area (TPSA) is 42.0 Å². The molecule has 1 saturated carbocycles. The Kier molecular flexibility index (Phi) is 2.16. The van der Waals surface area contributed by atoms with Gasteiger partial charge in [-0.3, -0.25) is 9.78 Å². The lowest BCUT2D eigenvalue weighted by Gasteiger charge is -2.54. The number of carbonyl (C=O) groups is 1. The maximum atomic E-state index is 12.7. The fourth-order valence-electron chi connectivity index (χ4n) is 4.54. The summed E-state index contributed by atoms with van der Waals surface area (Å²) in [5, 5.41) is 3.61. The van der Waals surface area contributed by atoms with Crippen molar-refractivity contribution in [2.24, 2.45) is 5.92 Å². The predicted molar refractivity (Wildman–Crippen MR) is 68.4 cm³/mol. The molecule has 1 aromatic rings. The van der Waals surface area contributed by atoms with Crippen molar-refractivity contribution < 1.29 is 4.79 Å². The molecule has 1 saturated heterocycles. The molecule has 2 bridgehead atoms. The molecule has 3 heteroatoms. The number of carbonyl (C=O) groups excluding carboxylic acids is 1. The van der Waals surface area contributed by atoms with Gasteiger partial charge in [0.05, 0.1) is 5.41 Å². The molecular formula is C15H18N2O. The first-order valence-corrected chi connectivity index (χ1v) is 7.03. The number of pyridine rings is 1. The number of Topliss-reactive ketones (excluding diaryl/α,β-unsaturated/α-hetero) is 1. The molecule has 94 valence electrons. The molecule has 2 aliphatic carbocycles. The van der Waals surface area contributed by atoms with Crippen LogP contribution in [-0.4, -0.2) is 23.4 Å². The summed E-state index contributed by atoms with van der Waals surface area (Å²) in [6, 6.07) is 4.61. The Hall–Kier alpha value is -1.22. The van der Waals surface area contributed by atoms with E-state index < -0.39 is 0 Å². The van der Waals surface area contributed by atoms with E-state index in [9.17, 15) is 4.79 Å². The molecule has 2 heterocycles. The van der Waals surface area contributed by atoms with Crippen LogP contribution in [0.2, 0.25) is 0 Å². The van der Waals surface area contributed by atoms with Crippen LogP contribution in [0.1, 0.15) is 36.9 Å². The van der Waals surface area contributed by atoms with Gasteiger partial charge in [-0.1, -0.05) is 6.07 Å². The summed E-state index contributed by atoms with van der Waals surface area (Å²) in [6.45, 7) is 0.973. The van der Waals surface area contributed by atoms with Crippen molar-refractivity contribution in [1.29, 1.82) is 0 Å². The molecule has 1 aromatic heterocycles. The fraction of sp³-hybridized carbons (Fsp3) is 0.600. The van der Waals surface area contributed by atoms with E-state index in [2.05, 4.69) is 16.4 Å². The Labute approximate surface area is 107 Å².